The highest BCUT2D eigenvalue weighted by Crippen LogP contribution is 2.20. The van der Waals surface area contributed by atoms with E-state index in [1.165, 1.54) is 6.07 Å². The lowest BCUT2D eigenvalue weighted by molar-refractivity contribution is 0.0705. The molecule has 1 aromatic carbocycles. The normalized spacial score (nSPS) is 16.8. The summed E-state index contributed by atoms with van der Waals surface area (Å²) in [5.41, 5.74) is 0.557. The highest BCUT2D eigenvalue weighted by atomic mass is 16.3. The Morgan fingerprint density at radius 1 is 1.41 bits per heavy atom. The van der Waals surface area contributed by atoms with Crippen LogP contribution >= 0.6 is 0 Å². The van der Waals surface area contributed by atoms with Crippen molar-refractivity contribution in [2.45, 2.75) is 12.8 Å². The van der Waals surface area contributed by atoms with Crippen LogP contribution in [0.1, 0.15) is 23.2 Å². The molecule has 0 atom stereocenters. The molecule has 1 aromatic rings. The third kappa shape index (κ3) is 2.67. The molecule has 0 aliphatic carbocycles. The Hall–Kier alpha value is -1.77. The summed E-state index contributed by atoms with van der Waals surface area (Å²) in [6.07, 6.45) is 3.93. The van der Waals surface area contributed by atoms with E-state index in [4.69, 9.17) is 0 Å². The molecule has 1 heterocycles. The van der Waals surface area contributed by atoms with Gasteiger partial charge in [0.2, 0.25) is 0 Å². The number of nitrogens with zero attached hydrogens (tertiary/aromatic N) is 1. The SMILES string of the molecule is C=CC1CCN(C(=O)c2cccc(O)c2)CC1. The fourth-order valence-electron chi connectivity index (χ4n) is 2.16. The topological polar surface area (TPSA) is 40.5 Å². The minimum Gasteiger partial charge on any atom is -0.508 e. The van der Waals surface area contributed by atoms with E-state index in [0.717, 1.165) is 25.9 Å². The third-order valence-corrected chi connectivity index (χ3v) is 3.25. The number of hydrogen-bond acceptors (Lipinski definition) is 2. The number of carbonyl (C=O) groups excluding carboxylic acids is 1. The molecule has 1 amide bonds. The molecule has 3 heteroatoms. The van der Waals surface area contributed by atoms with Crippen molar-refractivity contribution < 1.29 is 9.90 Å². The van der Waals surface area contributed by atoms with E-state index in [0.29, 0.717) is 11.5 Å². The average molecular weight is 231 g/mol. The molecule has 17 heavy (non-hydrogen) atoms. The molecule has 1 saturated heterocycles. The quantitative estimate of drug-likeness (QED) is 0.794. The molecule has 1 N–H and O–H groups in total. The summed E-state index contributed by atoms with van der Waals surface area (Å²) in [5.74, 6) is 0.670. The molecule has 0 saturated carbocycles. The standard InChI is InChI=1S/C14H17NO2/c1-2-11-6-8-15(9-7-11)14(17)12-4-3-5-13(16)10-12/h2-5,10-11,16H,1,6-9H2. The summed E-state index contributed by atoms with van der Waals surface area (Å²) in [5, 5.41) is 9.36. The maximum absolute atomic E-state index is 12.1. The van der Waals surface area contributed by atoms with Crippen molar-refractivity contribution in [2.75, 3.05) is 13.1 Å². The van der Waals surface area contributed by atoms with E-state index in [2.05, 4.69) is 6.58 Å². The number of benzene rings is 1. The lowest BCUT2D eigenvalue weighted by Crippen LogP contribution is -2.38. The molecule has 1 aliphatic heterocycles. The zero-order chi connectivity index (χ0) is 12.3. The van der Waals surface area contributed by atoms with Gasteiger partial charge in [0.25, 0.3) is 5.91 Å². The minimum absolute atomic E-state index is 0.00316. The molecule has 0 bridgehead atoms. The van der Waals surface area contributed by atoms with Crippen LogP contribution in [-0.4, -0.2) is 29.0 Å². The van der Waals surface area contributed by atoms with Crippen LogP contribution in [0.25, 0.3) is 0 Å². The molecule has 0 spiro atoms. The summed E-state index contributed by atoms with van der Waals surface area (Å²) >= 11 is 0. The number of carbonyl (C=O) groups is 1. The van der Waals surface area contributed by atoms with Crippen LogP contribution in [0.3, 0.4) is 0 Å². The molecule has 0 aromatic heterocycles. The molecule has 3 nitrogen and oxygen atoms in total. The van der Waals surface area contributed by atoms with Gasteiger partial charge in [0.15, 0.2) is 0 Å². The van der Waals surface area contributed by atoms with Gasteiger partial charge >= 0.3 is 0 Å². The number of likely N-dealkylation sites (tertiary alicyclic amines) is 1. The summed E-state index contributed by atoms with van der Waals surface area (Å²) in [6, 6.07) is 6.52. The van der Waals surface area contributed by atoms with Gasteiger partial charge in [-0.1, -0.05) is 12.1 Å². The van der Waals surface area contributed by atoms with E-state index in [-0.39, 0.29) is 11.7 Å². The van der Waals surface area contributed by atoms with Crippen LogP contribution < -0.4 is 0 Å². The summed E-state index contributed by atoms with van der Waals surface area (Å²) < 4.78 is 0. The van der Waals surface area contributed by atoms with Gasteiger partial charge in [-0.15, -0.1) is 6.58 Å². The largest absolute Gasteiger partial charge is 0.508 e. The fraction of sp³-hybridized carbons (Fsp3) is 0.357. The van der Waals surface area contributed by atoms with Gasteiger partial charge in [0, 0.05) is 18.7 Å². The monoisotopic (exact) mass is 231 g/mol. The summed E-state index contributed by atoms with van der Waals surface area (Å²) in [4.78, 5) is 14.0. The van der Waals surface area contributed by atoms with E-state index in [1.807, 2.05) is 11.0 Å². The number of piperidine rings is 1. The Bertz CT molecular complexity index is 420. The minimum atomic E-state index is 0.00316. The van der Waals surface area contributed by atoms with Crippen LogP contribution in [0, 0.1) is 5.92 Å². The van der Waals surface area contributed by atoms with Gasteiger partial charge in [-0.05, 0) is 37.0 Å². The van der Waals surface area contributed by atoms with Crippen LogP contribution in [0.15, 0.2) is 36.9 Å². The second kappa shape index (κ2) is 5.04. The van der Waals surface area contributed by atoms with Gasteiger partial charge in [0.1, 0.15) is 5.75 Å². The molecular weight excluding hydrogens is 214 g/mol. The van der Waals surface area contributed by atoms with Crippen molar-refractivity contribution in [3.05, 3.63) is 42.5 Å². The zero-order valence-electron chi connectivity index (χ0n) is 9.80. The molecule has 0 unspecified atom stereocenters. The smallest absolute Gasteiger partial charge is 0.253 e. The van der Waals surface area contributed by atoms with Crippen molar-refractivity contribution >= 4 is 5.91 Å². The van der Waals surface area contributed by atoms with Crippen LogP contribution in [0.4, 0.5) is 0 Å². The predicted molar refractivity (Wildman–Crippen MR) is 66.9 cm³/mol. The van der Waals surface area contributed by atoms with E-state index in [1.54, 1.807) is 18.2 Å². The Labute approximate surface area is 101 Å². The lowest BCUT2D eigenvalue weighted by atomic mass is 9.96. The first-order valence-electron chi connectivity index (χ1n) is 5.91. The molecule has 1 aliphatic rings. The van der Waals surface area contributed by atoms with Crippen molar-refractivity contribution in [2.24, 2.45) is 5.92 Å². The molecule has 90 valence electrons. The third-order valence-electron chi connectivity index (χ3n) is 3.25. The fourth-order valence-corrected chi connectivity index (χ4v) is 2.16. The van der Waals surface area contributed by atoms with Gasteiger partial charge < -0.3 is 10.0 Å². The number of rotatable bonds is 2. The number of aromatic hydroxyl groups is 1. The number of amides is 1. The highest BCUT2D eigenvalue weighted by molar-refractivity contribution is 5.94. The van der Waals surface area contributed by atoms with E-state index < -0.39 is 0 Å². The molecular formula is C14H17NO2. The first-order chi connectivity index (χ1) is 8.20. The summed E-state index contributed by atoms with van der Waals surface area (Å²) in [7, 11) is 0. The van der Waals surface area contributed by atoms with Crippen molar-refractivity contribution in [1.29, 1.82) is 0 Å². The number of hydrogen-bond donors (Lipinski definition) is 1. The van der Waals surface area contributed by atoms with Crippen LogP contribution in [0.2, 0.25) is 0 Å². The Balaban J connectivity index is 2.04. The Kier molecular flexibility index (Phi) is 3.47. The number of phenolic OH excluding ortho intramolecular Hbond substituents is 1. The first kappa shape index (κ1) is 11.7. The van der Waals surface area contributed by atoms with Gasteiger partial charge in [0.05, 0.1) is 0 Å². The number of phenols is 1. The van der Waals surface area contributed by atoms with Gasteiger partial charge in [-0.3, -0.25) is 4.79 Å². The zero-order valence-corrected chi connectivity index (χ0v) is 9.80. The van der Waals surface area contributed by atoms with Crippen LogP contribution in [0.5, 0.6) is 5.75 Å². The Morgan fingerprint density at radius 2 is 2.12 bits per heavy atom. The van der Waals surface area contributed by atoms with Crippen LogP contribution in [-0.2, 0) is 0 Å². The maximum atomic E-state index is 12.1. The summed E-state index contributed by atoms with van der Waals surface area (Å²) in [6.45, 7) is 5.33. The van der Waals surface area contributed by atoms with E-state index >= 15 is 0 Å². The molecule has 0 radical (unpaired) electrons. The number of allylic oxidation sites excluding steroid dienone is 1. The molecule has 1 fully saturated rings. The second-order valence-corrected chi connectivity index (χ2v) is 4.42. The predicted octanol–water partition coefficient (Wildman–Crippen LogP) is 2.43. The Morgan fingerprint density at radius 3 is 2.71 bits per heavy atom. The van der Waals surface area contributed by atoms with Crippen molar-refractivity contribution in [1.82, 2.24) is 4.90 Å². The van der Waals surface area contributed by atoms with Crippen molar-refractivity contribution in [3.63, 3.8) is 0 Å². The average Bonchev–Trinajstić information content (AvgIpc) is 2.38. The van der Waals surface area contributed by atoms with Gasteiger partial charge in [-0.2, -0.15) is 0 Å². The molecule has 2 rings (SSSR count). The maximum Gasteiger partial charge on any atom is 0.253 e. The highest BCUT2D eigenvalue weighted by Gasteiger charge is 2.22. The van der Waals surface area contributed by atoms with Crippen molar-refractivity contribution in [3.8, 4) is 5.75 Å². The van der Waals surface area contributed by atoms with Gasteiger partial charge in [-0.25, -0.2) is 0 Å². The first-order valence-corrected chi connectivity index (χ1v) is 5.91. The lowest BCUT2D eigenvalue weighted by Gasteiger charge is -2.30. The second-order valence-electron chi connectivity index (χ2n) is 4.42. The van der Waals surface area contributed by atoms with E-state index in [9.17, 15) is 9.90 Å².